The van der Waals surface area contributed by atoms with Crippen molar-refractivity contribution in [1.29, 1.82) is 0 Å². The van der Waals surface area contributed by atoms with Gasteiger partial charge >= 0.3 is 0 Å². The SMILES string of the molecule is CC.Cc1ccc(S(=O)(=O)N(c2nccs2)S(=O)(=O)c2ccc(N3CCC(O)C3=O)cc2)cc1. The molecule has 3 aromatic rings. The summed E-state index contributed by atoms with van der Waals surface area (Å²) in [7, 11) is -9.06. The molecule has 1 unspecified atom stereocenters. The van der Waals surface area contributed by atoms with Gasteiger partial charge in [0.25, 0.3) is 26.0 Å². The number of hydrogen-bond acceptors (Lipinski definition) is 8. The molecule has 1 saturated heterocycles. The molecule has 4 rings (SSSR count). The van der Waals surface area contributed by atoms with E-state index in [1.165, 1.54) is 52.9 Å². The summed E-state index contributed by atoms with van der Waals surface area (Å²) in [5.74, 6) is -0.466. The van der Waals surface area contributed by atoms with Crippen molar-refractivity contribution in [2.24, 2.45) is 0 Å². The average Bonchev–Trinajstić information content (AvgIpc) is 3.45. The van der Waals surface area contributed by atoms with Crippen molar-refractivity contribution in [3.05, 3.63) is 65.7 Å². The second-order valence-corrected chi connectivity index (χ2v) is 11.8. The summed E-state index contributed by atoms with van der Waals surface area (Å²) in [6, 6.07) is 11.1. The van der Waals surface area contributed by atoms with Crippen LogP contribution >= 0.6 is 11.3 Å². The molecule has 1 amide bonds. The maximum atomic E-state index is 13.5. The van der Waals surface area contributed by atoms with Crippen LogP contribution in [0.5, 0.6) is 0 Å². The van der Waals surface area contributed by atoms with E-state index in [4.69, 9.17) is 0 Å². The topological polar surface area (TPSA) is 125 Å². The fourth-order valence-electron chi connectivity index (χ4n) is 3.26. The minimum Gasteiger partial charge on any atom is -0.383 e. The zero-order chi connectivity index (χ0) is 25.1. The third kappa shape index (κ3) is 4.85. The average molecular weight is 524 g/mol. The molecule has 1 aromatic heterocycles. The first kappa shape index (κ1) is 25.8. The Morgan fingerprint density at radius 1 is 0.971 bits per heavy atom. The Kier molecular flexibility index (Phi) is 7.76. The van der Waals surface area contributed by atoms with Gasteiger partial charge in [-0.3, -0.25) is 4.79 Å². The molecular formula is C22H25N3O6S3. The highest BCUT2D eigenvalue weighted by atomic mass is 32.3. The van der Waals surface area contributed by atoms with Gasteiger partial charge in [-0.25, -0.2) is 4.98 Å². The summed E-state index contributed by atoms with van der Waals surface area (Å²) in [5.41, 5.74) is 1.23. The van der Waals surface area contributed by atoms with Crippen molar-refractivity contribution in [1.82, 2.24) is 4.98 Å². The van der Waals surface area contributed by atoms with Crippen molar-refractivity contribution in [3.63, 3.8) is 0 Å². The molecule has 0 radical (unpaired) electrons. The van der Waals surface area contributed by atoms with E-state index in [2.05, 4.69) is 4.98 Å². The Balaban J connectivity index is 0.00000158. The first-order valence-corrected chi connectivity index (χ1v) is 14.2. The number of sulfonamides is 2. The standard InChI is InChI=1S/C20H19N3O6S3.C2H6/c1-14-2-6-16(7-3-14)31(26,27)23(20-21-11-13-30-20)32(28,29)17-8-4-15(5-9-17)22-12-10-18(24)19(22)25;1-2/h2-9,11,13,18,24H,10,12H2,1H3;1-2H3. The van der Waals surface area contributed by atoms with Gasteiger partial charge in [-0.2, -0.15) is 16.8 Å². The minimum absolute atomic E-state index is 0.185. The van der Waals surface area contributed by atoms with Gasteiger partial charge < -0.3 is 10.0 Å². The molecule has 0 spiro atoms. The number of carbonyl (C=O) groups excluding carboxylic acids is 1. The van der Waals surface area contributed by atoms with Crippen molar-refractivity contribution in [3.8, 4) is 0 Å². The molecule has 2 heterocycles. The van der Waals surface area contributed by atoms with Crippen molar-refractivity contribution in [2.75, 3.05) is 15.2 Å². The van der Waals surface area contributed by atoms with E-state index in [9.17, 15) is 26.7 Å². The van der Waals surface area contributed by atoms with Crippen LogP contribution in [-0.4, -0.2) is 45.5 Å². The quantitative estimate of drug-likeness (QED) is 0.526. The smallest absolute Gasteiger partial charge is 0.279 e. The molecule has 2 aromatic carbocycles. The lowest BCUT2D eigenvalue weighted by Crippen LogP contribution is -2.37. The summed E-state index contributed by atoms with van der Waals surface area (Å²) in [4.78, 5) is 16.8. The predicted octanol–water partition coefficient (Wildman–Crippen LogP) is 3.16. The second-order valence-electron chi connectivity index (χ2n) is 7.12. The molecule has 1 aliphatic rings. The largest absolute Gasteiger partial charge is 0.383 e. The van der Waals surface area contributed by atoms with Crippen LogP contribution in [0.3, 0.4) is 0 Å². The fraction of sp³-hybridized carbons (Fsp3) is 0.273. The number of benzene rings is 2. The number of aliphatic hydroxyl groups excluding tert-OH is 1. The molecule has 1 N–H and O–H groups in total. The van der Waals surface area contributed by atoms with Crippen LogP contribution in [0.2, 0.25) is 0 Å². The van der Waals surface area contributed by atoms with Crippen molar-refractivity contribution in [2.45, 2.75) is 43.1 Å². The molecule has 12 heteroatoms. The zero-order valence-corrected chi connectivity index (χ0v) is 21.3. The maximum Gasteiger partial charge on any atom is 0.279 e. The fourth-order valence-corrected chi connectivity index (χ4v) is 7.96. The van der Waals surface area contributed by atoms with E-state index in [1.807, 2.05) is 13.8 Å². The summed E-state index contributed by atoms with van der Waals surface area (Å²) in [6.07, 6.45) is 0.518. The monoisotopic (exact) mass is 523 g/mol. The van der Waals surface area contributed by atoms with E-state index in [1.54, 1.807) is 19.1 Å². The molecule has 1 fully saturated rings. The minimum atomic E-state index is -4.56. The highest BCUT2D eigenvalue weighted by molar-refractivity contribution is 8.10. The summed E-state index contributed by atoms with van der Waals surface area (Å²) in [5, 5.41) is 10.9. The molecule has 0 saturated carbocycles. The highest BCUT2D eigenvalue weighted by Crippen LogP contribution is 2.33. The lowest BCUT2D eigenvalue weighted by molar-refractivity contribution is -0.123. The van der Waals surface area contributed by atoms with Gasteiger partial charge in [0, 0.05) is 30.2 Å². The molecule has 0 aliphatic carbocycles. The van der Waals surface area contributed by atoms with E-state index >= 15 is 0 Å². The van der Waals surface area contributed by atoms with Gasteiger partial charge in [-0.1, -0.05) is 31.5 Å². The number of amides is 1. The molecule has 1 atom stereocenters. The summed E-state index contributed by atoms with van der Waals surface area (Å²) in [6.45, 7) is 6.09. The third-order valence-electron chi connectivity index (χ3n) is 4.95. The Hall–Kier alpha value is -2.80. The Bertz CT molecular complexity index is 1340. The number of nitrogens with zero attached hydrogens (tertiary/aromatic N) is 3. The van der Waals surface area contributed by atoms with Crippen LogP contribution in [0, 0.1) is 6.92 Å². The number of rotatable bonds is 6. The first-order chi connectivity index (χ1) is 16.1. The number of aromatic nitrogens is 1. The van der Waals surface area contributed by atoms with Crippen LogP contribution < -0.4 is 8.61 Å². The predicted molar refractivity (Wildman–Crippen MR) is 131 cm³/mol. The van der Waals surface area contributed by atoms with Crippen molar-refractivity contribution < 1.29 is 26.7 Å². The van der Waals surface area contributed by atoms with Crippen molar-refractivity contribution >= 4 is 48.1 Å². The molecule has 182 valence electrons. The molecule has 9 nitrogen and oxygen atoms in total. The Labute approximate surface area is 203 Å². The molecule has 34 heavy (non-hydrogen) atoms. The number of aliphatic hydroxyl groups is 1. The second kappa shape index (κ2) is 10.2. The Morgan fingerprint density at radius 2 is 1.50 bits per heavy atom. The zero-order valence-electron chi connectivity index (χ0n) is 18.8. The van der Waals surface area contributed by atoms with Gasteiger partial charge in [-0.05, 0) is 43.3 Å². The normalized spacial score (nSPS) is 16.2. The highest BCUT2D eigenvalue weighted by Gasteiger charge is 2.39. The third-order valence-corrected chi connectivity index (χ3v) is 10.1. The van der Waals surface area contributed by atoms with Gasteiger partial charge in [0.05, 0.1) is 9.79 Å². The van der Waals surface area contributed by atoms with Gasteiger partial charge in [0.2, 0.25) is 5.13 Å². The van der Waals surface area contributed by atoms with Crippen LogP contribution in [0.15, 0.2) is 69.9 Å². The number of aryl methyl sites for hydroxylation is 1. The van der Waals surface area contributed by atoms with Crippen LogP contribution in [0.4, 0.5) is 10.8 Å². The van der Waals surface area contributed by atoms with Gasteiger partial charge in [-0.15, -0.1) is 15.0 Å². The van der Waals surface area contributed by atoms with Gasteiger partial charge in [0.1, 0.15) is 6.10 Å². The van der Waals surface area contributed by atoms with E-state index < -0.39 is 32.1 Å². The number of anilines is 2. The molecule has 1 aliphatic heterocycles. The number of thiazole rings is 1. The molecule has 0 bridgehead atoms. The van der Waals surface area contributed by atoms with Crippen LogP contribution in [0.25, 0.3) is 0 Å². The van der Waals surface area contributed by atoms with Crippen LogP contribution in [-0.2, 0) is 24.8 Å². The van der Waals surface area contributed by atoms with Gasteiger partial charge in [0.15, 0.2) is 0 Å². The summed E-state index contributed by atoms with van der Waals surface area (Å²) >= 11 is 0.877. The molecular weight excluding hydrogens is 498 g/mol. The van der Waals surface area contributed by atoms with E-state index in [0.29, 0.717) is 15.9 Å². The lowest BCUT2D eigenvalue weighted by Gasteiger charge is -2.22. The first-order valence-electron chi connectivity index (χ1n) is 10.5. The Morgan fingerprint density at radius 3 is 1.94 bits per heavy atom. The number of carbonyl (C=O) groups is 1. The lowest BCUT2D eigenvalue weighted by atomic mass is 10.2. The maximum absolute atomic E-state index is 13.5. The van der Waals surface area contributed by atoms with E-state index in [0.717, 1.165) is 16.9 Å². The van der Waals surface area contributed by atoms with E-state index in [-0.39, 0.29) is 21.3 Å². The summed E-state index contributed by atoms with van der Waals surface area (Å²) < 4.78 is 53.9. The number of hydrogen-bond donors (Lipinski definition) is 1. The van der Waals surface area contributed by atoms with Crippen LogP contribution in [0.1, 0.15) is 25.8 Å².